The largest absolute Gasteiger partial charge is 0.416 e. The van der Waals surface area contributed by atoms with Crippen LogP contribution in [0.3, 0.4) is 0 Å². The number of halogens is 3. The predicted octanol–water partition coefficient (Wildman–Crippen LogP) is 4.77. The number of H-pyrrole nitrogens is 1. The van der Waals surface area contributed by atoms with Gasteiger partial charge in [-0.1, -0.05) is 24.3 Å². The van der Waals surface area contributed by atoms with Gasteiger partial charge in [0, 0.05) is 29.3 Å². The van der Waals surface area contributed by atoms with Crippen molar-refractivity contribution in [1.29, 1.82) is 0 Å². The maximum atomic E-state index is 12.8. The fraction of sp³-hybridized carbons (Fsp3) is 0.150. The minimum atomic E-state index is -4.41. The normalized spacial score (nSPS) is 11.6. The minimum absolute atomic E-state index is 0.112. The molecule has 0 atom stereocenters. The molecule has 0 radical (unpaired) electrons. The van der Waals surface area contributed by atoms with Crippen LogP contribution in [0, 0.1) is 0 Å². The number of rotatable bonds is 6. The molecule has 2 aromatic carbocycles. The molecule has 0 amide bonds. The maximum Gasteiger partial charge on any atom is 0.416 e. The van der Waals surface area contributed by atoms with Crippen LogP contribution in [0.1, 0.15) is 11.1 Å². The molecule has 29 heavy (non-hydrogen) atoms. The van der Waals surface area contributed by atoms with Crippen molar-refractivity contribution in [2.45, 2.75) is 12.6 Å². The van der Waals surface area contributed by atoms with E-state index in [1.165, 1.54) is 29.3 Å². The van der Waals surface area contributed by atoms with Crippen LogP contribution in [0.15, 0.2) is 60.9 Å². The topological polar surface area (TPSA) is 78.5 Å². The second-order valence-corrected chi connectivity index (χ2v) is 6.41. The van der Waals surface area contributed by atoms with Crippen LogP contribution in [-0.2, 0) is 12.6 Å². The summed E-state index contributed by atoms with van der Waals surface area (Å²) < 4.78 is 38.5. The lowest BCUT2D eigenvalue weighted by Crippen LogP contribution is -2.09. The van der Waals surface area contributed by atoms with E-state index in [0.717, 1.165) is 24.1 Å². The van der Waals surface area contributed by atoms with Gasteiger partial charge in [0.05, 0.1) is 11.8 Å². The quantitative estimate of drug-likeness (QED) is 0.436. The Kier molecular flexibility index (Phi) is 5.03. The molecule has 6 nitrogen and oxygen atoms in total. The fourth-order valence-electron chi connectivity index (χ4n) is 3.01. The van der Waals surface area contributed by atoms with Gasteiger partial charge in [-0.25, -0.2) is 0 Å². The van der Waals surface area contributed by atoms with E-state index < -0.39 is 11.7 Å². The molecule has 0 aliphatic heterocycles. The summed E-state index contributed by atoms with van der Waals surface area (Å²) in [6, 6.07) is 12.9. The Morgan fingerprint density at radius 2 is 1.90 bits per heavy atom. The van der Waals surface area contributed by atoms with Gasteiger partial charge in [-0.05, 0) is 36.2 Å². The van der Waals surface area contributed by atoms with Crippen LogP contribution in [0.4, 0.5) is 30.6 Å². The van der Waals surface area contributed by atoms with Crippen LogP contribution in [0.25, 0.3) is 10.9 Å². The number of alkyl halides is 3. The summed E-state index contributed by atoms with van der Waals surface area (Å²) >= 11 is 0. The van der Waals surface area contributed by atoms with Gasteiger partial charge in [-0.2, -0.15) is 23.3 Å². The van der Waals surface area contributed by atoms with E-state index >= 15 is 0 Å². The van der Waals surface area contributed by atoms with E-state index in [0.29, 0.717) is 12.4 Å². The monoisotopic (exact) mass is 398 g/mol. The Bertz CT molecular complexity index is 1120. The Morgan fingerprint density at radius 3 is 2.76 bits per heavy atom. The van der Waals surface area contributed by atoms with Crippen molar-refractivity contribution in [3.63, 3.8) is 0 Å². The van der Waals surface area contributed by atoms with Crippen molar-refractivity contribution in [2.75, 3.05) is 17.2 Å². The van der Waals surface area contributed by atoms with Crippen LogP contribution < -0.4 is 10.6 Å². The first-order chi connectivity index (χ1) is 14.0. The molecule has 4 rings (SSSR count). The van der Waals surface area contributed by atoms with Crippen molar-refractivity contribution < 1.29 is 13.2 Å². The molecule has 4 aromatic rings. The number of nitrogens with zero attached hydrogens (tertiary/aromatic N) is 3. The zero-order chi connectivity index (χ0) is 20.3. The Hall–Kier alpha value is -3.62. The van der Waals surface area contributed by atoms with Gasteiger partial charge in [0.25, 0.3) is 0 Å². The molecule has 0 bridgehead atoms. The Morgan fingerprint density at radius 1 is 1.03 bits per heavy atom. The molecular formula is C20H17F3N6. The van der Waals surface area contributed by atoms with E-state index in [2.05, 4.69) is 36.9 Å². The van der Waals surface area contributed by atoms with Crippen molar-refractivity contribution >= 4 is 28.4 Å². The van der Waals surface area contributed by atoms with E-state index in [9.17, 15) is 13.2 Å². The molecule has 2 heterocycles. The molecule has 0 saturated carbocycles. The number of aromatic nitrogens is 4. The van der Waals surface area contributed by atoms with E-state index in [1.807, 2.05) is 24.4 Å². The minimum Gasteiger partial charge on any atom is -0.368 e. The van der Waals surface area contributed by atoms with Crippen molar-refractivity contribution in [1.82, 2.24) is 20.2 Å². The SMILES string of the molecule is FC(F)(F)c1cccc(Nc2nncc(NCCc3c[nH]c4ccccc34)n2)c1. The van der Waals surface area contributed by atoms with Gasteiger partial charge < -0.3 is 15.6 Å². The van der Waals surface area contributed by atoms with E-state index in [1.54, 1.807) is 0 Å². The zero-order valence-corrected chi connectivity index (χ0v) is 15.2. The van der Waals surface area contributed by atoms with Gasteiger partial charge in [0.2, 0.25) is 5.95 Å². The molecule has 0 aliphatic carbocycles. The van der Waals surface area contributed by atoms with Crippen LogP contribution in [-0.4, -0.2) is 26.7 Å². The Labute approximate surface area is 164 Å². The number of hydrogen-bond donors (Lipinski definition) is 3. The Balaban J connectivity index is 1.40. The lowest BCUT2D eigenvalue weighted by molar-refractivity contribution is -0.137. The second-order valence-electron chi connectivity index (χ2n) is 6.41. The first-order valence-corrected chi connectivity index (χ1v) is 8.92. The smallest absolute Gasteiger partial charge is 0.368 e. The predicted molar refractivity (Wildman–Crippen MR) is 105 cm³/mol. The summed E-state index contributed by atoms with van der Waals surface area (Å²) in [5, 5.41) is 14.8. The van der Waals surface area contributed by atoms with E-state index in [4.69, 9.17) is 0 Å². The maximum absolute atomic E-state index is 12.8. The standard InChI is InChI=1S/C20H17F3N6/c21-20(22,23)14-4-3-5-15(10-14)27-19-28-18(12-26-29-19)24-9-8-13-11-25-17-7-2-1-6-16(13)17/h1-7,10-12,25H,8-9H2,(H2,24,27,28,29). The third kappa shape index (κ3) is 4.45. The zero-order valence-electron chi connectivity index (χ0n) is 15.2. The number of nitrogens with one attached hydrogen (secondary N) is 3. The van der Waals surface area contributed by atoms with Gasteiger partial charge in [0.15, 0.2) is 5.82 Å². The molecule has 0 fully saturated rings. The van der Waals surface area contributed by atoms with Crippen LogP contribution in [0.5, 0.6) is 0 Å². The first kappa shape index (κ1) is 18.7. The molecule has 0 saturated heterocycles. The van der Waals surface area contributed by atoms with Crippen LogP contribution in [0.2, 0.25) is 0 Å². The van der Waals surface area contributed by atoms with Crippen molar-refractivity contribution in [3.8, 4) is 0 Å². The van der Waals surface area contributed by atoms with Gasteiger partial charge >= 0.3 is 6.18 Å². The highest BCUT2D eigenvalue weighted by molar-refractivity contribution is 5.83. The summed E-state index contributed by atoms with van der Waals surface area (Å²) in [5.74, 6) is 0.593. The van der Waals surface area contributed by atoms with E-state index in [-0.39, 0.29) is 11.6 Å². The highest BCUT2D eigenvalue weighted by Gasteiger charge is 2.30. The number of benzene rings is 2. The number of anilines is 3. The molecule has 9 heteroatoms. The average molecular weight is 398 g/mol. The third-order valence-electron chi connectivity index (χ3n) is 4.38. The molecule has 0 aliphatic rings. The molecule has 148 valence electrons. The van der Waals surface area contributed by atoms with Gasteiger partial charge in [-0.3, -0.25) is 0 Å². The molecule has 0 unspecified atom stereocenters. The highest BCUT2D eigenvalue weighted by Crippen LogP contribution is 2.31. The molecule has 2 aromatic heterocycles. The fourth-order valence-corrected chi connectivity index (χ4v) is 3.01. The van der Waals surface area contributed by atoms with Crippen molar-refractivity contribution in [2.24, 2.45) is 0 Å². The summed E-state index contributed by atoms with van der Waals surface area (Å²) in [6.45, 7) is 0.615. The lowest BCUT2D eigenvalue weighted by atomic mass is 10.1. The molecule has 0 spiro atoms. The van der Waals surface area contributed by atoms with Crippen molar-refractivity contribution in [3.05, 3.63) is 72.1 Å². The number of aromatic amines is 1. The summed E-state index contributed by atoms with van der Waals surface area (Å²) in [4.78, 5) is 7.49. The third-order valence-corrected chi connectivity index (χ3v) is 4.38. The lowest BCUT2D eigenvalue weighted by Gasteiger charge is -2.10. The molecule has 3 N–H and O–H groups in total. The van der Waals surface area contributed by atoms with Gasteiger partial charge in [0.1, 0.15) is 0 Å². The van der Waals surface area contributed by atoms with Gasteiger partial charge in [-0.15, -0.1) is 5.10 Å². The number of fused-ring (bicyclic) bond motifs is 1. The summed E-state index contributed by atoms with van der Waals surface area (Å²) in [6.07, 6.45) is -0.204. The second kappa shape index (κ2) is 7.78. The number of hydrogen-bond acceptors (Lipinski definition) is 5. The molecular weight excluding hydrogens is 381 g/mol. The summed E-state index contributed by atoms with van der Waals surface area (Å²) in [5.41, 5.74) is 1.75. The first-order valence-electron chi connectivity index (χ1n) is 8.92. The highest BCUT2D eigenvalue weighted by atomic mass is 19.4. The summed E-state index contributed by atoms with van der Waals surface area (Å²) in [7, 11) is 0. The number of para-hydroxylation sites is 1. The average Bonchev–Trinajstić information content (AvgIpc) is 3.11. The van der Waals surface area contributed by atoms with Crippen LogP contribution >= 0.6 is 0 Å².